The topological polar surface area (TPSA) is 49.3 Å². The molecular formula is C7H16ClNO2S. The van der Waals surface area contributed by atoms with Crippen LogP contribution in [0.25, 0.3) is 0 Å². The van der Waals surface area contributed by atoms with E-state index in [0.29, 0.717) is 11.7 Å². The molecule has 0 aliphatic carbocycles. The van der Waals surface area contributed by atoms with Gasteiger partial charge in [-0.25, -0.2) is 0 Å². The molecule has 5 heteroatoms. The van der Waals surface area contributed by atoms with Gasteiger partial charge in [0.15, 0.2) is 0 Å². The summed E-state index contributed by atoms with van der Waals surface area (Å²) in [4.78, 5) is 10.4. The van der Waals surface area contributed by atoms with Crippen molar-refractivity contribution in [1.82, 2.24) is 5.32 Å². The first-order valence-electron chi connectivity index (χ1n) is 3.65. The van der Waals surface area contributed by atoms with Gasteiger partial charge in [-0.3, -0.25) is 4.79 Å². The first-order valence-corrected chi connectivity index (χ1v) is 4.28. The summed E-state index contributed by atoms with van der Waals surface area (Å²) in [6.07, 6.45) is 0. The molecule has 0 bridgehead atoms. The summed E-state index contributed by atoms with van der Waals surface area (Å²) in [5.41, 5.74) is 0. The van der Waals surface area contributed by atoms with Crippen LogP contribution in [0.3, 0.4) is 0 Å². The van der Waals surface area contributed by atoms with Gasteiger partial charge >= 0.3 is 5.97 Å². The molecule has 12 heavy (non-hydrogen) atoms. The second kappa shape index (κ2) is 7.71. The Bertz CT molecular complexity index is 133. The van der Waals surface area contributed by atoms with Gasteiger partial charge in [0.1, 0.15) is 6.04 Å². The van der Waals surface area contributed by atoms with Gasteiger partial charge in [-0.05, 0) is 12.5 Å². The van der Waals surface area contributed by atoms with Crippen LogP contribution in [-0.2, 0) is 4.79 Å². The Hall–Kier alpha value is 0.0700. The summed E-state index contributed by atoms with van der Waals surface area (Å²) >= 11 is 3.91. The molecule has 0 aromatic heterocycles. The predicted octanol–water partition coefficient (Wildman–Crippen LogP) is 1.04. The van der Waals surface area contributed by atoms with E-state index in [9.17, 15) is 4.79 Å². The Balaban J connectivity index is 0. The first kappa shape index (κ1) is 14.6. The summed E-state index contributed by atoms with van der Waals surface area (Å²) in [7, 11) is 0. The Morgan fingerprint density at radius 1 is 1.58 bits per heavy atom. The van der Waals surface area contributed by atoms with Crippen LogP contribution >= 0.6 is 25.0 Å². The Labute approximate surface area is 84.7 Å². The highest BCUT2D eigenvalue weighted by atomic mass is 35.5. The molecule has 0 aliphatic rings. The van der Waals surface area contributed by atoms with E-state index in [4.69, 9.17) is 5.11 Å². The molecule has 0 saturated heterocycles. The van der Waals surface area contributed by atoms with Crippen LogP contribution in [0.4, 0.5) is 0 Å². The molecule has 0 aromatic carbocycles. The highest BCUT2D eigenvalue weighted by molar-refractivity contribution is 7.80. The van der Waals surface area contributed by atoms with Crippen molar-refractivity contribution in [3.63, 3.8) is 0 Å². The van der Waals surface area contributed by atoms with E-state index < -0.39 is 12.0 Å². The van der Waals surface area contributed by atoms with E-state index in [0.717, 1.165) is 6.54 Å². The van der Waals surface area contributed by atoms with Gasteiger partial charge in [-0.15, -0.1) is 12.4 Å². The summed E-state index contributed by atoms with van der Waals surface area (Å²) in [6.45, 7) is 4.78. The zero-order valence-electron chi connectivity index (χ0n) is 7.28. The van der Waals surface area contributed by atoms with Crippen LogP contribution in [-0.4, -0.2) is 29.4 Å². The number of hydrogen-bond acceptors (Lipinski definition) is 3. The molecule has 0 fully saturated rings. The van der Waals surface area contributed by atoms with Crippen LogP contribution < -0.4 is 5.32 Å². The van der Waals surface area contributed by atoms with Crippen molar-refractivity contribution in [1.29, 1.82) is 0 Å². The second-order valence-electron chi connectivity index (χ2n) is 2.88. The second-order valence-corrected chi connectivity index (χ2v) is 3.24. The number of rotatable bonds is 5. The van der Waals surface area contributed by atoms with Crippen LogP contribution in [0.2, 0.25) is 0 Å². The number of carboxylic acid groups (broad SMARTS) is 1. The number of hydrogen-bond donors (Lipinski definition) is 3. The van der Waals surface area contributed by atoms with Gasteiger partial charge in [0.05, 0.1) is 0 Å². The largest absolute Gasteiger partial charge is 0.480 e. The smallest absolute Gasteiger partial charge is 0.321 e. The lowest BCUT2D eigenvalue weighted by atomic mass is 10.2. The maximum absolute atomic E-state index is 10.4. The highest BCUT2D eigenvalue weighted by Gasteiger charge is 2.13. The van der Waals surface area contributed by atoms with Gasteiger partial charge < -0.3 is 10.4 Å². The fourth-order valence-electron chi connectivity index (χ4n) is 0.608. The Morgan fingerprint density at radius 3 is 2.33 bits per heavy atom. The predicted molar refractivity (Wildman–Crippen MR) is 55.4 cm³/mol. The Kier molecular flexibility index (Phi) is 9.37. The van der Waals surface area contributed by atoms with Crippen molar-refractivity contribution in [2.45, 2.75) is 19.9 Å². The lowest BCUT2D eigenvalue weighted by molar-refractivity contribution is -0.138. The van der Waals surface area contributed by atoms with Gasteiger partial charge in [0, 0.05) is 5.75 Å². The van der Waals surface area contributed by atoms with Crippen molar-refractivity contribution in [3.05, 3.63) is 0 Å². The maximum Gasteiger partial charge on any atom is 0.321 e. The third-order valence-corrected chi connectivity index (χ3v) is 1.62. The third kappa shape index (κ3) is 6.76. The van der Waals surface area contributed by atoms with E-state index >= 15 is 0 Å². The normalized spacial score (nSPS) is 12.3. The minimum Gasteiger partial charge on any atom is -0.480 e. The van der Waals surface area contributed by atoms with E-state index in [1.165, 1.54) is 0 Å². The molecule has 0 unspecified atom stereocenters. The molecule has 0 rings (SSSR count). The van der Waals surface area contributed by atoms with Crippen LogP contribution in [0.5, 0.6) is 0 Å². The molecular weight excluding hydrogens is 198 g/mol. The standard InChI is InChI=1S/C7H15NO2S.ClH/c1-5(2)3-8-6(4-11)7(9)10;/h5-6,8,11H,3-4H2,1-2H3,(H,9,10);1H/t6-;/m0./s1. The van der Waals surface area contributed by atoms with E-state index in [1.807, 2.05) is 13.8 Å². The number of aliphatic carboxylic acids is 1. The SMILES string of the molecule is CC(C)CN[C@@H](CS)C(=O)O.Cl. The Morgan fingerprint density at radius 2 is 2.08 bits per heavy atom. The summed E-state index contributed by atoms with van der Waals surface area (Å²) < 4.78 is 0. The van der Waals surface area contributed by atoms with E-state index in [2.05, 4.69) is 17.9 Å². The molecule has 0 aromatic rings. The summed E-state index contributed by atoms with van der Waals surface area (Å²) in [5, 5.41) is 11.5. The minimum atomic E-state index is -0.833. The number of carboxylic acids is 1. The zero-order chi connectivity index (χ0) is 8.85. The number of carbonyl (C=O) groups is 1. The van der Waals surface area contributed by atoms with Crippen molar-refractivity contribution in [2.75, 3.05) is 12.3 Å². The first-order chi connectivity index (χ1) is 5.07. The molecule has 0 radical (unpaired) electrons. The van der Waals surface area contributed by atoms with Crippen molar-refractivity contribution >= 4 is 31.0 Å². The molecule has 0 amide bonds. The summed E-state index contributed by atoms with van der Waals surface area (Å²) in [5.74, 6) is -0.0282. The fourth-order valence-corrected chi connectivity index (χ4v) is 0.893. The molecule has 0 aliphatic heterocycles. The quantitative estimate of drug-likeness (QED) is 0.599. The highest BCUT2D eigenvalue weighted by Crippen LogP contribution is 1.92. The molecule has 0 heterocycles. The maximum atomic E-state index is 10.4. The van der Waals surface area contributed by atoms with Gasteiger partial charge in [0.2, 0.25) is 0 Å². The van der Waals surface area contributed by atoms with Gasteiger partial charge in [-0.2, -0.15) is 12.6 Å². The van der Waals surface area contributed by atoms with Crippen molar-refractivity contribution in [2.24, 2.45) is 5.92 Å². The zero-order valence-corrected chi connectivity index (χ0v) is 8.99. The third-order valence-electron chi connectivity index (χ3n) is 1.25. The van der Waals surface area contributed by atoms with Crippen LogP contribution in [0.1, 0.15) is 13.8 Å². The lowest BCUT2D eigenvalue weighted by Crippen LogP contribution is -2.40. The molecule has 3 nitrogen and oxygen atoms in total. The number of nitrogens with one attached hydrogen (secondary N) is 1. The lowest BCUT2D eigenvalue weighted by Gasteiger charge is -2.12. The van der Waals surface area contributed by atoms with Crippen LogP contribution in [0.15, 0.2) is 0 Å². The van der Waals surface area contributed by atoms with Crippen molar-refractivity contribution < 1.29 is 9.90 Å². The average Bonchev–Trinajstić information content (AvgIpc) is 1.87. The molecule has 2 N–H and O–H groups in total. The number of halogens is 1. The number of thiol groups is 1. The molecule has 74 valence electrons. The molecule has 0 spiro atoms. The van der Waals surface area contributed by atoms with Crippen LogP contribution in [0, 0.1) is 5.92 Å². The minimum absolute atomic E-state index is 0. The van der Waals surface area contributed by atoms with E-state index in [-0.39, 0.29) is 12.4 Å². The summed E-state index contributed by atoms with van der Waals surface area (Å²) in [6, 6.07) is -0.513. The molecule has 0 saturated carbocycles. The van der Waals surface area contributed by atoms with E-state index in [1.54, 1.807) is 0 Å². The monoisotopic (exact) mass is 213 g/mol. The van der Waals surface area contributed by atoms with Gasteiger partial charge in [0.25, 0.3) is 0 Å². The molecule has 1 atom stereocenters. The fraction of sp³-hybridized carbons (Fsp3) is 0.857. The van der Waals surface area contributed by atoms with Crippen molar-refractivity contribution in [3.8, 4) is 0 Å². The van der Waals surface area contributed by atoms with Gasteiger partial charge in [-0.1, -0.05) is 13.8 Å². The average molecular weight is 214 g/mol.